The zero-order chi connectivity index (χ0) is 13.0. The summed E-state index contributed by atoms with van der Waals surface area (Å²) in [4.78, 5) is 0. The third-order valence-corrected chi connectivity index (χ3v) is 3.49. The van der Waals surface area contributed by atoms with Crippen LogP contribution in [0.25, 0.3) is 0 Å². The van der Waals surface area contributed by atoms with E-state index in [4.69, 9.17) is 10.5 Å². The molecule has 100 valence electrons. The molecule has 3 nitrogen and oxygen atoms in total. The standard InChI is InChI=1S/C15H24N2O/c1-3-12(9-11-5-6-11)17-13-7-8-14(16)15(10-13)18-4-2/h7-8,10-12,17H,3-6,9,16H2,1-2H3. The van der Waals surface area contributed by atoms with E-state index < -0.39 is 0 Å². The first-order valence-electron chi connectivity index (χ1n) is 7.01. The molecule has 2 rings (SSSR count). The third kappa shape index (κ3) is 3.56. The fourth-order valence-electron chi connectivity index (χ4n) is 2.22. The van der Waals surface area contributed by atoms with E-state index in [0.29, 0.717) is 18.3 Å². The molecule has 0 amide bonds. The van der Waals surface area contributed by atoms with Crippen LogP contribution in [0, 0.1) is 5.92 Å². The van der Waals surface area contributed by atoms with Crippen LogP contribution in [0.4, 0.5) is 11.4 Å². The molecule has 3 N–H and O–H groups in total. The summed E-state index contributed by atoms with van der Waals surface area (Å²) >= 11 is 0. The Bertz CT molecular complexity index is 388. The maximum Gasteiger partial charge on any atom is 0.144 e. The number of hydrogen-bond donors (Lipinski definition) is 2. The average Bonchev–Trinajstić information content (AvgIpc) is 3.17. The minimum Gasteiger partial charge on any atom is -0.492 e. The minimum atomic E-state index is 0.565. The highest BCUT2D eigenvalue weighted by Crippen LogP contribution is 2.35. The first-order chi connectivity index (χ1) is 8.72. The molecule has 1 aliphatic carbocycles. The summed E-state index contributed by atoms with van der Waals surface area (Å²) in [5.41, 5.74) is 7.69. The lowest BCUT2D eigenvalue weighted by Gasteiger charge is -2.19. The first-order valence-corrected chi connectivity index (χ1v) is 7.01. The van der Waals surface area contributed by atoms with Crippen LogP contribution in [-0.2, 0) is 0 Å². The zero-order valence-electron chi connectivity index (χ0n) is 11.4. The molecule has 0 spiro atoms. The second-order valence-electron chi connectivity index (χ2n) is 5.11. The van der Waals surface area contributed by atoms with Crippen LogP contribution in [0.3, 0.4) is 0 Å². The van der Waals surface area contributed by atoms with E-state index >= 15 is 0 Å². The van der Waals surface area contributed by atoms with E-state index in [9.17, 15) is 0 Å². The van der Waals surface area contributed by atoms with Crippen molar-refractivity contribution in [1.82, 2.24) is 0 Å². The van der Waals surface area contributed by atoms with Crippen molar-refractivity contribution in [3.05, 3.63) is 18.2 Å². The normalized spacial score (nSPS) is 16.3. The number of rotatable bonds is 7. The van der Waals surface area contributed by atoms with Gasteiger partial charge in [0.25, 0.3) is 0 Å². The predicted octanol–water partition coefficient (Wildman–Crippen LogP) is 3.66. The number of hydrogen-bond acceptors (Lipinski definition) is 3. The Labute approximate surface area is 110 Å². The Morgan fingerprint density at radius 2 is 2.17 bits per heavy atom. The van der Waals surface area contributed by atoms with Crippen molar-refractivity contribution >= 4 is 11.4 Å². The maximum atomic E-state index is 5.88. The van der Waals surface area contributed by atoms with Gasteiger partial charge in [0.05, 0.1) is 12.3 Å². The number of anilines is 2. The number of ether oxygens (including phenoxy) is 1. The summed E-state index contributed by atoms with van der Waals surface area (Å²) in [6.07, 6.45) is 5.25. The summed E-state index contributed by atoms with van der Waals surface area (Å²) in [6, 6.07) is 6.52. The summed E-state index contributed by atoms with van der Waals surface area (Å²) in [5.74, 6) is 1.73. The van der Waals surface area contributed by atoms with Gasteiger partial charge in [-0.05, 0) is 37.8 Å². The van der Waals surface area contributed by atoms with E-state index in [1.807, 2.05) is 25.1 Å². The monoisotopic (exact) mass is 248 g/mol. The highest BCUT2D eigenvalue weighted by molar-refractivity contribution is 5.61. The second kappa shape index (κ2) is 5.98. The van der Waals surface area contributed by atoms with Gasteiger partial charge in [0.15, 0.2) is 0 Å². The first kappa shape index (κ1) is 13.1. The van der Waals surface area contributed by atoms with E-state index in [1.165, 1.54) is 19.3 Å². The van der Waals surface area contributed by atoms with Gasteiger partial charge in [-0.2, -0.15) is 0 Å². The molecule has 1 saturated carbocycles. The van der Waals surface area contributed by atoms with E-state index in [0.717, 1.165) is 23.8 Å². The van der Waals surface area contributed by atoms with Gasteiger partial charge in [0, 0.05) is 17.8 Å². The number of nitrogens with two attached hydrogens (primary N) is 1. The van der Waals surface area contributed by atoms with Crippen molar-refractivity contribution in [2.75, 3.05) is 17.7 Å². The molecular formula is C15H24N2O. The number of nitrogen functional groups attached to an aromatic ring is 1. The van der Waals surface area contributed by atoms with Crippen LogP contribution in [0.2, 0.25) is 0 Å². The van der Waals surface area contributed by atoms with Gasteiger partial charge in [0.1, 0.15) is 5.75 Å². The Morgan fingerprint density at radius 3 is 2.78 bits per heavy atom. The highest BCUT2D eigenvalue weighted by Gasteiger charge is 2.24. The Kier molecular flexibility index (Phi) is 4.34. The zero-order valence-corrected chi connectivity index (χ0v) is 11.4. The molecule has 3 heteroatoms. The molecule has 1 fully saturated rings. The van der Waals surface area contributed by atoms with Gasteiger partial charge in [0.2, 0.25) is 0 Å². The van der Waals surface area contributed by atoms with Crippen LogP contribution >= 0.6 is 0 Å². The van der Waals surface area contributed by atoms with Crippen LogP contribution < -0.4 is 15.8 Å². The summed E-state index contributed by atoms with van der Waals surface area (Å²) in [7, 11) is 0. The average molecular weight is 248 g/mol. The quantitative estimate of drug-likeness (QED) is 0.724. The number of benzene rings is 1. The molecule has 0 aromatic heterocycles. The summed E-state index contributed by atoms with van der Waals surface area (Å²) < 4.78 is 5.52. The van der Waals surface area contributed by atoms with Crippen molar-refractivity contribution < 1.29 is 4.74 Å². The molecule has 0 radical (unpaired) electrons. The van der Waals surface area contributed by atoms with Crippen molar-refractivity contribution in [2.45, 2.75) is 45.6 Å². The van der Waals surface area contributed by atoms with Crippen LogP contribution in [0.5, 0.6) is 5.75 Å². The van der Waals surface area contributed by atoms with Gasteiger partial charge in [-0.1, -0.05) is 19.8 Å². The van der Waals surface area contributed by atoms with E-state index in [1.54, 1.807) is 0 Å². The van der Waals surface area contributed by atoms with Crippen LogP contribution in [0.15, 0.2) is 18.2 Å². The van der Waals surface area contributed by atoms with Gasteiger partial charge >= 0.3 is 0 Å². The fraction of sp³-hybridized carbons (Fsp3) is 0.600. The molecule has 1 aromatic carbocycles. The van der Waals surface area contributed by atoms with Crippen molar-refractivity contribution in [1.29, 1.82) is 0 Å². The molecular weight excluding hydrogens is 224 g/mol. The van der Waals surface area contributed by atoms with Gasteiger partial charge in [-0.25, -0.2) is 0 Å². The van der Waals surface area contributed by atoms with Crippen LogP contribution in [-0.4, -0.2) is 12.6 Å². The predicted molar refractivity (Wildman–Crippen MR) is 77.1 cm³/mol. The van der Waals surface area contributed by atoms with Gasteiger partial charge in [-0.3, -0.25) is 0 Å². The molecule has 18 heavy (non-hydrogen) atoms. The molecule has 0 aliphatic heterocycles. The maximum absolute atomic E-state index is 5.88. The minimum absolute atomic E-state index is 0.565. The van der Waals surface area contributed by atoms with E-state index in [-0.39, 0.29) is 0 Å². The van der Waals surface area contributed by atoms with Crippen molar-refractivity contribution in [2.24, 2.45) is 5.92 Å². The van der Waals surface area contributed by atoms with E-state index in [2.05, 4.69) is 12.2 Å². The second-order valence-corrected chi connectivity index (χ2v) is 5.11. The molecule has 1 unspecified atom stereocenters. The molecule has 0 heterocycles. The van der Waals surface area contributed by atoms with Gasteiger partial charge < -0.3 is 15.8 Å². The molecule has 1 atom stereocenters. The summed E-state index contributed by atoms with van der Waals surface area (Å²) in [6.45, 7) is 4.86. The lowest BCUT2D eigenvalue weighted by atomic mass is 10.1. The smallest absolute Gasteiger partial charge is 0.144 e. The SMILES string of the molecule is CCOc1cc(NC(CC)CC2CC2)ccc1N. The molecule has 1 aromatic rings. The lowest BCUT2D eigenvalue weighted by Crippen LogP contribution is -2.19. The topological polar surface area (TPSA) is 47.3 Å². The van der Waals surface area contributed by atoms with Crippen molar-refractivity contribution in [3.8, 4) is 5.75 Å². The molecule has 0 bridgehead atoms. The van der Waals surface area contributed by atoms with Gasteiger partial charge in [-0.15, -0.1) is 0 Å². The number of nitrogens with one attached hydrogen (secondary N) is 1. The third-order valence-electron chi connectivity index (χ3n) is 3.49. The highest BCUT2D eigenvalue weighted by atomic mass is 16.5. The largest absolute Gasteiger partial charge is 0.492 e. The van der Waals surface area contributed by atoms with Crippen molar-refractivity contribution in [3.63, 3.8) is 0 Å². The Balaban J connectivity index is 2.00. The Morgan fingerprint density at radius 1 is 1.39 bits per heavy atom. The van der Waals surface area contributed by atoms with Crippen LogP contribution in [0.1, 0.15) is 39.5 Å². The molecule has 1 aliphatic rings. The molecule has 0 saturated heterocycles. The fourth-order valence-corrected chi connectivity index (χ4v) is 2.22. The summed E-state index contributed by atoms with van der Waals surface area (Å²) in [5, 5.41) is 3.59. The lowest BCUT2D eigenvalue weighted by molar-refractivity contribution is 0.342. The Hall–Kier alpha value is -1.38.